The molecule has 0 aliphatic rings. The molecule has 0 fully saturated rings. The van der Waals surface area contributed by atoms with Gasteiger partial charge in [-0.2, -0.15) is 11.8 Å². The summed E-state index contributed by atoms with van der Waals surface area (Å²) in [5.74, 6) is 2.09. The van der Waals surface area contributed by atoms with Crippen LogP contribution in [0, 0.1) is 0 Å². The second-order valence-corrected chi connectivity index (χ2v) is 4.01. The molecule has 0 aromatic heterocycles. The van der Waals surface area contributed by atoms with Gasteiger partial charge >= 0.3 is 0 Å². The van der Waals surface area contributed by atoms with E-state index in [-0.39, 0.29) is 12.6 Å². The lowest BCUT2D eigenvalue weighted by Crippen LogP contribution is -2.34. The van der Waals surface area contributed by atoms with E-state index in [1.54, 1.807) is 7.11 Å². The number of thioether (sulfide) groups is 1. The van der Waals surface area contributed by atoms with Gasteiger partial charge in [0.1, 0.15) is 0 Å². The van der Waals surface area contributed by atoms with Gasteiger partial charge in [0.2, 0.25) is 0 Å². The molecule has 3 nitrogen and oxygen atoms in total. The van der Waals surface area contributed by atoms with Crippen molar-refractivity contribution in [3.8, 4) is 0 Å². The van der Waals surface area contributed by atoms with Gasteiger partial charge in [0, 0.05) is 25.5 Å². The lowest BCUT2D eigenvalue weighted by Gasteiger charge is -2.13. The third-order valence-electron chi connectivity index (χ3n) is 1.67. The number of hydrogen-bond acceptors (Lipinski definition) is 4. The summed E-state index contributed by atoms with van der Waals surface area (Å²) in [6, 6.07) is 0.248. The summed E-state index contributed by atoms with van der Waals surface area (Å²) in [5.41, 5.74) is 0. The summed E-state index contributed by atoms with van der Waals surface area (Å²) in [7, 11) is 1.72. The van der Waals surface area contributed by atoms with E-state index in [1.807, 2.05) is 11.8 Å². The Kier molecular flexibility index (Phi) is 10.5. The van der Waals surface area contributed by atoms with Crippen LogP contribution in [-0.2, 0) is 4.74 Å². The average Bonchev–Trinajstić information content (AvgIpc) is 2.16. The Morgan fingerprint density at radius 1 is 1.54 bits per heavy atom. The van der Waals surface area contributed by atoms with E-state index in [0.717, 1.165) is 31.1 Å². The van der Waals surface area contributed by atoms with Crippen molar-refractivity contribution in [3.63, 3.8) is 0 Å². The van der Waals surface area contributed by atoms with Crippen molar-refractivity contribution < 1.29 is 9.84 Å². The molecule has 0 aliphatic carbocycles. The van der Waals surface area contributed by atoms with Crippen LogP contribution >= 0.6 is 11.8 Å². The summed E-state index contributed by atoms with van der Waals surface area (Å²) in [5, 5.41) is 12.2. The van der Waals surface area contributed by atoms with Crippen LogP contribution in [-0.4, -0.2) is 49.5 Å². The van der Waals surface area contributed by atoms with Crippen molar-refractivity contribution in [1.29, 1.82) is 0 Å². The Balaban J connectivity index is 3.17. The Morgan fingerprint density at radius 2 is 2.31 bits per heavy atom. The highest BCUT2D eigenvalue weighted by molar-refractivity contribution is 7.99. The maximum absolute atomic E-state index is 8.96. The van der Waals surface area contributed by atoms with E-state index in [9.17, 15) is 0 Å². The predicted molar refractivity (Wildman–Crippen MR) is 58.4 cm³/mol. The minimum absolute atomic E-state index is 0.227. The number of nitrogens with one attached hydrogen (secondary N) is 1. The topological polar surface area (TPSA) is 41.5 Å². The Hall–Kier alpha value is 0.230. The van der Waals surface area contributed by atoms with Crippen molar-refractivity contribution in [2.75, 3.05) is 38.4 Å². The fourth-order valence-corrected chi connectivity index (χ4v) is 1.99. The monoisotopic (exact) mass is 207 g/mol. The highest BCUT2D eigenvalue weighted by atomic mass is 32.2. The van der Waals surface area contributed by atoms with Gasteiger partial charge in [0.15, 0.2) is 0 Å². The fraction of sp³-hybridized carbons (Fsp3) is 1.00. The van der Waals surface area contributed by atoms with Crippen molar-refractivity contribution in [3.05, 3.63) is 0 Å². The van der Waals surface area contributed by atoms with Gasteiger partial charge in [-0.3, -0.25) is 0 Å². The zero-order valence-electron chi connectivity index (χ0n) is 8.58. The largest absolute Gasteiger partial charge is 0.395 e. The maximum atomic E-state index is 8.96. The minimum atomic E-state index is 0.227. The van der Waals surface area contributed by atoms with Crippen molar-refractivity contribution >= 4 is 11.8 Å². The zero-order chi connectivity index (χ0) is 9.94. The van der Waals surface area contributed by atoms with E-state index < -0.39 is 0 Å². The van der Waals surface area contributed by atoms with Crippen LogP contribution < -0.4 is 5.32 Å². The van der Waals surface area contributed by atoms with Crippen LogP contribution in [0.2, 0.25) is 0 Å². The third kappa shape index (κ3) is 8.56. The number of ether oxygens (including phenoxy) is 1. The molecule has 4 heteroatoms. The lowest BCUT2D eigenvalue weighted by molar-refractivity contribution is 0.200. The molecular formula is C9H21NO2S. The number of likely N-dealkylation sites (N-methyl/N-ethyl adjacent to an activating group) is 1. The molecule has 0 rings (SSSR count). The first kappa shape index (κ1) is 13.2. The van der Waals surface area contributed by atoms with Crippen molar-refractivity contribution in [2.24, 2.45) is 0 Å². The number of aliphatic hydroxyl groups is 1. The molecule has 0 aromatic carbocycles. The predicted octanol–water partition coefficient (Wildman–Crippen LogP) is 0.726. The van der Waals surface area contributed by atoms with Crippen LogP contribution in [0.5, 0.6) is 0 Å². The highest BCUT2D eigenvalue weighted by Gasteiger charge is 2.04. The molecule has 1 atom stereocenters. The smallest absolute Gasteiger partial charge is 0.0592 e. The summed E-state index contributed by atoms with van der Waals surface area (Å²) in [6.45, 7) is 4.03. The van der Waals surface area contributed by atoms with Crippen LogP contribution in [0.15, 0.2) is 0 Å². The number of rotatable bonds is 9. The normalized spacial score (nSPS) is 13.2. The Bertz CT molecular complexity index is 104. The van der Waals surface area contributed by atoms with Crippen molar-refractivity contribution in [1.82, 2.24) is 5.32 Å². The molecule has 0 saturated carbocycles. The molecule has 2 N–H and O–H groups in total. The van der Waals surface area contributed by atoms with Gasteiger partial charge in [-0.15, -0.1) is 0 Å². The average molecular weight is 207 g/mol. The van der Waals surface area contributed by atoms with Crippen LogP contribution in [0.25, 0.3) is 0 Å². The van der Waals surface area contributed by atoms with E-state index >= 15 is 0 Å². The molecule has 13 heavy (non-hydrogen) atoms. The van der Waals surface area contributed by atoms with Gasteiger partial charge < -0.3 is 15.2 Å². The lowest BCUT2D eigenvalue weighted by atomic mass is 10.3. The van der Waals surface area contributed by atoms with E-state index in [1.165, 1.54) is 0 Å². The first-order chi connectivity index (χ1) is 6.35. The zero-order valence-corrected chi connectivity index (χ0v) is 9.40. The number of hydrogen-bond donors (Lipinski definition) is 2. The molecule has 0 bridgehead atoms. The Morgan fingerprint density at radius 3 is 2.85 bits per heavy atom. The molecule has 0 spiro atoms. The molecule has 0 saturated heterocycles. The van der Waals surface area contributed by atoms with Gasteiger partial charge in [0.25, 0.3) is 0 Å². The Labute approximate surface area is 85.2 Å². The van der Waals surface area contributed by atoms with Gasteiger partial charge in [-0.25, -0.2) is 0 Å². The van der Waals surface area contributed by atoms with E-state index in [4.69, 9.17) is 9.84 Å². The summed E-state index contributed by atoms with van der Waals surface area (Å²) in [4.78, 5) is 0. The van der Waals surface area contributed by atoms with Crippen LogP contribution in [0.1, 0.15) is 13.3 Å². The van der Waals surface area contributed by atoms with Gasteiger partial charge in [-0.1, -0.05) is 6.92 Å². The first-order valence-corrected chi connectivity index (χ1v) is 5.91. The quantitative estimate of drug-likeness (QED) is 0.547. The number of aliphatic hydroxyl groups excluding tert-OH is 1. The molecule has 1 unspecified atom stereocenters. The summed E-state index contributed by atoms with van der Waals surface area (Å²) in [6.07, 6.45) is 1.09. The second kappa shape index (κ2) is 10.3. The molecule has 0 aromatic rings. The molecule has 0 aliphatic heterocycles. The van der Waals surface area contributed by atoms with Crippen LogP contribution in [0.4, 0.5) is 0 Å². The summed E-state index contributed by atoms with van der Waals surface area (Å²) >= 11 is 1.86. The second-order valence-electron chi connectivity index (χ2n) is 2.86. The SMILES string of the molecule is CCNC(CO)CSCCCOC. The molecule has 0 heterocycles. The molecule has 80 valence electrons. The van der Waals surface area contributed by atoms with Gasteiger partial charge in [-0.05, 0) is 18.7 Å². The first-order valence-electron chi connectivity index (χ1n) is 4.76. The van der Waals surface area contributed by atoms with E-state index in [2.05, 4.69) is 12.2 Å². The molecular weight excluding hydrogens is 186 g/mol. The minimum Gasteiger partial charge on any atom is -0.395 e. The van der Waals surface area contributed by atoms with Crippen LogP contribution in [0.3, 0.4) is 0 Å². The third-order valence-corrected chi connectivity index (χ3v) is 2.88. The standard InChI is InChI=1S/C9H21NO2S/c1-3-10-9(7-11)8-13-6-4-5-12-2/h9-11H,3-8H2,1-2H3. The number of methoxy groups -OCH3 is 1. The molecule has 0 amide bonds. The fourth-order valence-electron chi connectivity index (χ4n) is 0.996. The van der Waals surface area contributed by atoms with E-state index in [0.29, 0.717) is 0 Å². The maximum Gasteiger partial charge on any atom is 0.0592 e. The van der Waals surface area contributed by atoms with Crippen molar-refractivity contribution in [2.45, 2.75) is 19.4 Å². The highest BCUT2D eigenvalue weighted by Crippen LogP contribution is 2.04. The summed E-state index contributed by atoms with van der Waals surface area (Å²) < 4.78 is 4.94. The van der Waals surface area contributed by atoms with Gasteiger partial charge in [0.05, 0.1) is 6.61 Å². The molecule has 0 radical (unpaired) electrons.